The summed E-state index contributed by atoms with van der Waals surface area (Å²) < 4.78 is 5.02. The first-order valence-electron chi connectivity index (χ1n) is 14.1. The molecule has 0 spiro atoms. The number of hydrogen-bond acceptors (Lipinski definition) is 6. The summed E-state index contributed by atoms with van der Waals surface area (Å²) in [6.07, 6.45) is 4.32. The van der Waals surface area contributed by atoms with E-state index in [1.54, 1.807) is 18.7 Å². The molecule has 3 fully saturated rings. The SMILES string of the molecule is CCC1(C)NC(=O)[C@H](CCCCCC(=O)C2CO2)NC(=O)[C@H]2CCCN2C(=O)[C@H](Cc2ccccc2)NC1=O. The Morgan fingerprint density at radius 1 is 1.03 bits per heavy atom. The van der Waals surface area contributed by atoms with Crippen LogP contribution in [-0.2, 0) is 35.1 Å². The first-order valence-corrected chi connectivity index (χ1v) is 14.1. The van der Waals surface area contributed by atoms with Gasteiger partial charge in [0.15, 0.2) is 5.78 Å². The number of ketones is 1. The molecule has 1 aromatic carbocycles. The Morgan fingerprint density at radius 3 is 2.46 bits per heavy atom. The molecule has 3 saturated heterocycles. The minimum Gasteiger partial charge on any atom is -0.365 e. The van der Waals surface area contributed by atoms with Gasteiger partial charge in [-0.05, 0) is 44.6 Å². The molecule has 5 atom stereocenters. The zero-order valence-corrected chi connectivity index (χ0v) is 22.9. The topological polar surface area (TPSA) is 137 Å². The van der Waals surface area contributed by atoms with E-state index < -0.39 is 35.5 Å². The predicted octanol–water partition coefficient (Wildman–Crippen LogP) is 1.41. The van der Waals surface area contributed by atoms with Crippen molar-refractivity contribution >= 4 is 29.4 Å². The van der Waals surface area contributed by atoms with Gasteiger partial charge in [-0.2, -0.15) is 0 Å². The molecule has 0 bridgehead atoms. The molecule has 10 heteroatoms. The van der Waals surface area contributed by atoms with Gasteiger partial charge in [0, 0.05) is 19.4 Å². The van der Waals surface area contributed by atoms with E-state index in [4.69, 9.17) is 4.74 Å². The van der Waals surface area contributed by atoms with Crippen LogP contribution in [0.4, 0.5) is 0 Å². The van der Waals surface area contributed by atoms with E-state index in [1.165, 1.54) is 0 Å². The Labute approximate surface area is 229 Å². The Hall–Kier alpha value is -3.27. The zero-order valence-electron chi connectivity index (χ0n) is 22.9. The van der Waals surface area contributed by atoms with Crippen LogP contribution in [0.2, 0.25) is 0 Å². The number of ether oxygens (including phenoxy) is 1. The van der Waals surface area contributed by atoms with Crippen LogP contribution in [0.25, 0.3) is 0 Å². The largest absolute Gasteiger partial charge is 0.365 e. The summed E-state index contributed by atoms with van der Waals surface area (Å²) in [7, 11) is 0. The number of nitrogens with zero attached hydrogens (tertiary/aromatic N) is 1. The Morgan fingerprint density at radius 2 is 1.77 bits per heavy atom. The molecule has 3 aliphatic rings. The molecule has 0 radical (unpaired) electrons. The Kier molecular flexibility index (Phi) is 9.37. The van der Waals surface area contributed by atoms with Gasteiger partial charge in [-0.3, -0.25) is 24.0 Å². The molecule has 10 nitrogen and oxygen atoms in total. The van der Waals surface area contributed by atoms with E-state index in [9.17, 15) is 24.0 Å². The van der Waals surface area contributed by atoms with E-state index >= 15 is 0 Å². The number of unbranched alkanes of at least 4 members (excludes halogenated alkanes) is 2. The average molecular weight is 541 g/mol. The zero-order chi connectivity index (χ0) is 28.0. The molecule has 3 aliphatic heterocycles. The average Bonchev–Trinajstić information content (AvgIpc) is 3.67. The number of benzene rings is 1. The second kappa shape index (κ2) is 12.7. The lowest BCUT2D eigenvalue weighted by molar-refractivity contribution is -0.144. The highest BCUT2D eigenvalue weighted by atomic mass is 16.6. The lowest BCUT2D eigenvalue weighted by Crippen LogP contribution is -2.65. The van der Waals surface area contributed by atoms with Gasteiger partial charge in [0.25, 0.3) is 0 Å². The molecule has 0 saturated carbocycles. The molecule has 3 N–H and O–H groups in total. The van der Waals surface area contributed by atoms with E-state index in [0.29, 0.717) is 58.1 Å². The number of epoxide rings is 1. The van der Waals surface area contributed by atoms with Crippen molar-refractivity contribution in [1.29, 1.82) is 0 Å². The van der Waals surface area contributed by atoms with Gasteiger partial charge in [0.1, 0.15) is 29.8 Å². The third-order valence-electron chi connectivity index (χ3n) is 8.07. The second-order valence-corrected chi connectivity index (χ2v) is 11.0. The molecular weight excluding hydrogens is 500 g/mol. The number of carbonyl (C=O) groups is 5. The number of fused-ring (bicyclic) bond motifs is 1. The fourth-order valence-corrected chi connectivity index (χ4v) is 5.29. The monoisotopic (exact) mass is 540 g/mol. The molecule has 2 unspecified atom stereocenters. The van der Waals surface area contributed by atoms with Crippen LogP contribution in [0.1, 0.15) is 70.8 Å². The summed E-state index contributed by atoms with van der Waals surface area (Å²) in [5.41, 5.74) is -0.382. The van der Waals surface area contributed by atoms with Crippen LogP contribution in [0.3, 0.4) is 0 Å². The second-order valence-electron chi connectivity index (χ2n) is 11.0. The van der Waals surface area contributed by atoms with Gasteiger partial charge >= 0.3 is 0 Å². The molecule has 4 amide bonds. The number of nitrogens with one attached hydrogen (secondary N) is 3. The fourth-order valence-electron chi connectivity index (χ4n) is 5.29. The highest BCUT2D eigenvalue weighted by molar-refractivity contribution is 5.99. The number of hydrogen-bond donors (Lipinski definition) is 3. The Bertz CT molecular complexity index is 1070. The minimum absolute atomic E-state index is 0.105. The van der Waals surface area contributed by atoms with E-state index in [1.807, 2.05) is 30.3 Å². The first-order chi connectivity index (χ1) is 18.7. The Balaban J connectivity index is 1.51. The molecule has 1 aromatic rings. The third-order valence-corrected chi connectivity index (χ3v) is 8.07. The van der Waals surface area contributed by atoms with Crippen LogP contribution in [0.15, 0.2) is 30.3 Å². The normalized spacial score (nSPS) is 29.4. The predicted molar refractivity (Wildman–Crippen MR) is 143 cm³/mol. The summed E-state index contributed by atoms with van der Waals surface area (Å²) in [6.45, 7) is 4.35. The quantitative estimate of drug-likeness (QED) is 0.303. The van der Waals surface area contributed by atoms with E-state index in [2.05, 4.69) is 16.0 Å². The molecule has 4 rings (SSSR count). The van der Waals surface area contributed by atoms with E-state index in [0.717, 1.165) is 12.0 Å². The van der Waals surface area contributed by atoms with Gasteiger partial charge < -0.3 is 25.6 Å². The molecule has 0 aromatic heterocycles. The molecular formula is C29H40N4O6. The lowest BCUT2D eigenvalue weighted by Gasteiger charge is -2.36. The van der Waals surface area contributed by atoms with Crippen LogP contribution in [0.5, 0.6) is 0 Å². The van der Waals surface area contributed by atoms with Gasteiger partial charge in [-0.15, -0.1) is 0 Å². The smallest absolute Gasteiger partial charge is 0.246 e. The lowest BCUT2D eigenvalue weighted by atomic mass is 9.94. The number of carbonyl (C=O) groups excluding carboxylic acids is 5. The molecule has 39 heavy (non-hydrogen) atoms. The molecule has 0 aliphatic carbocycles. The van der Waals surface area contributed by atoms with Crippen molar-refractivity contribution in [2.24, 2.45) is 0 Å². The summed E-state index contributed by atoms with van der Waals surface area (Å²) in [5.74, 6) is -1.41. The van der Waals surface area contributed by atoms with Crippen LogP contribution in [-0.4, -0.2) is 77.2 Å². The highest BCUT2D eigenvalue weighted by Crippen LogP contribution is 2.22. The maximum absolute atomic E-state index is 13.7. The molecule has 212 valence electrons. The van der Waals surface area contributed by atoms with Gasteiger partial charge in [-0.25, -0.2) is 0 Å². The van der Waals surface area contributed by atoms with Crippen molar-refractivity contribution in [3.05, 3.63) is 35.9 Å². The highest BCUT2D eigenvalue weighted by Gasteiger charge is 2.43. The third kappa shape index (κ3) is 7.23. The maximum Gasteiger partial charge on any atom is 0.246 e. The van der Waals surface area contributed by atoms with Gasteiger partial charge in [0.05, 0.1) is 6.61 Å². The van der Waals surface area contributed by atoms with Gasteiger partial charge in [0.2, 0.25) is 23.6 Å². The van der Waals surface area contributed by atoms with Crippen LogP contribution >= 0.6 is 0 Å². The van der Waals surface area contributed by atoms with Crippen molar-refractivity contribution in [3.63, 3.8) is 0 Å². The minimum atomic E-state index is -1.27. The maximum atomic E-state index is 13.7. The summed E-state index contributed by atoms with van der Waals surface area (Å²) in [4.78, 5) is 67.5. The van der Waals surface area contributed by atoms with Crippen molar-refractivity contribution in [3.8, 4) is 0 Å². The van der Waals surface area contributed by atoms with Crippen molar-refractivity contribution in [1.82, 2.24) is 20.9 Å². The fraction of sp³-hybridized carbons (Fsp3) is 0.621. The first kappa shape index (κ1) is 28.7. The van der Waals surface area contributed by atoms with Crippen molar-refractivity contribution in [2.45, 2.75) is 101 Å². The summed E-state index contributed by atoms with van der Waals surface area (Å²) in [6, 6.07) is 7.00. The summed E-state index contributed by atoms with van der Waals surface area (Å²) >= 11 is 0. The van der Waals surface area contributed by atoms with Crippen LogP contribution < -0.4 is 16.0 Å². The van der Waals surface area contributed by atoms with Crippen molar-refractivity contribution < 1.29 is 28.7 Å². The van der Waals surface area contributed by atoms with Gasteiger partial charge in [-0.1, -0.05) is 50.1 Å². The van der Waals surface area contributed by atoms with Crippen LogP contribution in [0, 0.1) is 0 Å². The number of rotatable bonds is 10. The van der Waals surface area contributed by atoms with E-state index in [-0.39, 0.29) is 30.1 Å². The number of Topliss-reactive ketones (excluding diaryl/α,β-unsaturated/α-hetero) is 1. The standard InChI is InChI=1S/C29H40N4O6/c1-3-29(2)28(38)31-21(17-19-11-6-4-7-12-19)27(37)33-16-10-14-22(33)26(36)30-20(25(35)32-29)13-8-5-9-15-23(34)24-18-39-24/h4,6-7,11-12,20-22,24H,3,5,8-10,13-18H2,1-2H3,(H,30,36)(H,31,38)(H,32,35)/t20-,21-,22+,24?,29?/m0/s1. The van der Waals surface area contributed by atoms with Crippen molar-refractivity contribution in [2.75, 3.05) is 13.2 Å². The molecule has 3 heterocycles. The number of amides is 4. The summed E-state index contributed by atoms with van der Waals surface area (Å²) in [5, 5.41) is 8.65.